The molecule has 2 rings (SSSR count). The summed E-state index contributed by atoms with van der Waals surface area (Å²) < 4.78 is 11.1. The monoisotopic (exact) mass is 319 g/mol. The van der Waals surface area contributed by atoms with E-state index < -0.39 is 5.97 Å². The molecule has 1 heterocycles. The average Bonchev–Trinajstić information content (AvgIpc) is 2.53. The summed E-state index contributed by atoms with van der Waals surface area (Å²) in [4.78, 5) is 13.3. The molecule has 23 heavy (non-hydrogen) atoms. The summed E-state index contributed by atoms with van der Waals surface area (Å²) in [5.41, 5.74) is 2.04. The molecule has 0 aromatic heterocycles. The van der Waals surface area contributed by atoms with Crippen molar-refractivity contribution < 1.29 is 19.4 Å². The number of nitrogens with zero attached hydrogens (tertiary/aromatic N) is 1. The van der Waals surface area contributed by atoms with E-state index in [2.05, 4.69) is 11.5 Å². The molecule has 1 aliphatic rings. The van der Waals surface area contributed by atoms with Crippen LogP contribution >= 0.6 is 0 Å². The van der Waals surface area contributed by atoms with Gasteiger partial charge in [0.05, 0.1) is 13.0 Å². The molecule has 1 atom stereocenters. The third-order valence-corrected chi connectivity index (χ3v) is 3.96. The zero-order chi connectivity index (χ0) is 16.8. The summed E-state index contributed by atoms with van der Waals surface area (Å²) in [6, 6.07) is 5.86. The molecular formula is C18H25NO4. The molecule has 5 nitrogen and oxygen atoms in total. The van der Waals surface area contributed by atoms with Gasteiger partial charge >= 0.3 is 5.97 Å². The fraction of sp³-hybridized carbons (Fsp3) is 0.500. The van der Waals surface area contributed by atoms with E-state index in [1.807, 2.05) is 25.1 Å². The van der Waals surface area contributed by atoms with Crippen molar-refractivity contribution in [3.8, 4) is 11.5 Å². The zero-order valence-electron chi connectivity index (χ0n) is 13.9. The molecule has 1 unspecified atom stereocenters. The van der Waals surface area contributed by atoms with Gasteiger partial charge in [-0.25, -0.2) is 0 Å². The van der Waals surface area contributed by atoms with Crippen molar-refractivity contribution >= 4 is 5.97 Å². The quantitative estimate of drug-likeness (QED) is 0.783. The van der Waals surface area contributed by atoms with Gasteiger partial charge in [-0.3, -0.25) is 9.69 Å². The maximum absolute atomic E-state index is 11.2. The first-order chi connectivity index (χ1) is 11.0. The van der Waals surface area contributed by atoms with E-state index in [0.717, 1.165) is 37.1 Å². The fourth-order valence-corrected chi connectivity index (χ4v) is 2.79. The molecule has 0 spiro atoms. The van der Waals surface area contributed by atoms with Crippen molar-refractivity contribution in [2.45, 2.75) is 26.3 Å². The Hall–Kier alpha value is -2.01. The van der Waals surface area contributed by atoms with Crippen LogP contribution in [0.25, 0.3) is 0 Å². The third kappa shape index (κ3) is 4.99. The molecule has 1 N–H and O–H groups in total. The molecule has 1 aromatic rings. The number of piperidine rings is 1. The minimum atomic E-state index is -0.698. The number of likely N-dealkylation sites (tertiary alicyclic amines) is 1. The van der Waals surface area contributed by atoms with Crippen molar-refractivity contribution in [2.24, 2.45) is 5.92 Å². The van der Waals surface area contributed by atoms with Crippen LogP contribution in [0.5, 0.6) is 11.5 Å². The van der Waals surface area contributed by atoms with Gasteiger partial charge in [0.1, 0.15) is 6.61 Å². The van der Waals surface area contributed by atoms with Gasteiger partial charge in [-0.2, -0.15) is 0 Å². The van der Waals surface area contributed by atoms with Gasteiger partial charge in [0.15, 0.2) is 11.5 Å². The minimum Gasteiger partial charge on any atom is -0.493 e. The largest absolute Gasteiger partial charge is 0.493 e. The summed E-state index contributed by atoms with van der Waals surface area (Å²) in [5, 5.41) is 9.17. The molecule has 0 saturated carbocycles. The second-order valence-electron chi connectivity index (χ2n) is 6.14. The predicted molar refractivity (Wildman–Crippen MR) is 88.9 cm³/mol. The Morgan fingerprint density at radius 3 is 2.87 bits per heavy atom. The molecule has 0 aliphatic carbocycles. The second kappa shape index (κ2) is 8.02. The van der Waals surface area contributed by atoms with Crippen LogP contribution in [-0.2, 0) is 11.3 Å². The normalized spacial score (nSPS) is 18.4. The Labute approximate surface area is 137 Å². The fourth-order valence-electron chi connectivity index (χ4n) is 2.79. The van der Waals surface area contributed by atoms with E-state index in [-0.39, 0.29) is 5.92 Å². The summed E-state index contributed by atoms with van der Waals surface area (Å²) in [6.45, 7) is 8.45. The van der Waals surface area contributed by atoms with Crippen molar-refractivity contribution in [3.05, 3.63) is 35.9 Å². The topological polar surface area (TPSA) is 59.0 Å². The van der Waals surface area contributed by atoms with Gasteiger partial charge < -0.3 is 14.6 Å². The van der Waals surface area contributed by atoms with Gasteiger partial charge in [-0.05, 0) is 49.6 Å². The highest BCUT2D eigenvalue weighted by molar-refractivity contribution is 5.70. The number of hydrogen-bond donors (Lipinski definition) is 1. The van der Waals surface area contributed by atoms with Crippen LogP contribution in [-0.4, -0.2) is 42.8 Å². The number of carboxylic acid groups (broad SMARTS) is 1. The number of rotatable bonds is 7. The Bertz CT molecular complexity index is 570. The molecule has 5 heteroatoms. The third-order valence-electron chi connectivity index (χ3n) is 3.96. The van der Waals surface area contributed by atoms with Crippen molar-refractivity contribution in [3.63, 3.8) is 0 Å². The maximum Gasteiger partial charge on any atom is 0.307 e. The van der Waals surface area contributed by atoms with Crippen LogP contribution in [0.1, 0.15) is 25.3 Å². The molecule has 1 fully saturated rings. The lowest BCUT2D eigenvalue weighted by Crippen LogP contribution is -2.38. The van der Waals surface area contributed by atoms with E-state index in [1.54, 1.807) is 7.11 Å². The van der Waals surface area contributed by atoms with E-state index >= 15 is 0 Å². The Balaban J connectivity index is 2.02. The standard InChI is InChI=1S/C18H25NO4/c1-13(2)12-23-16-7-6-14(9-17(16)22-3)10-19-8-4-5-15(11-19)18(20)21/h6-7,9,15H,1,4-5,8,10-12H2,2-3H3,(H,20,21). The molecule has 0 amide bonds. The molecule has 1 aliphatic heterocycles. The summed E-state index contributed by atoms with van der Waals surface area (Å²) in [7, 11) is 1.62. The summed E-state index contributed by atoms with van der Waals surface area (Å²) >= 11 is 0. The van der Waals surface area contributed by atoms with E-state index in [9.17, 15) is 9.90 Å². The van der Waals surface area contributed by atoms with E-state index in [0.29, 0.717) is 24.7 Å². The lowest BCUT2D eigenvalue weighted by molar-refractivity contribution is -0.143. The van der Waals surface area contributed by atoms with Gasteiger partial charge in [0.2, 0.25) is 0 Å². The first kappa shape index (κ1) is 17.3. The van der Waals surface area contributed by atoms with Gasteiger partial charge in [0.25, 0.3) is 0 Å². The lowest BCUT2D eigenvalue weighted by Gasteiger charge is -2.30. The van der Waals surface area contributed by atoms with Crippen molar-refractivity contribution in [2.75, 3.05) is 26.8 Å². The van der Waals surface area contributed by atoms with E-state index in [4.69, 9.17) is 9.47 Å². The molecular weight excluding hydrogens is 294 g/mol. The number of benzene rings is 1. The molecule has 1 aromatic carbocycles. The number of ether oxygens (including phenoxy) is 2. The van der Waals surface area contributed by atoms with Crippen LogP contribution in [0, 0.1) is 5.92 Å². The van der Waals surface area contributed by atoms with Crippen LogP contribution in [0.4, 0.5) is 0 Å². The number of carbonyl (C=O) groups is 1. The molecule has 0 bridgehead atoms. The number of hydrogen-bond acceptors (Lipinski definition) is 4. The first-order valence-electron chi connectivity index (χ1n) is 7.89. The van der Waals surface area contributed by atoms with Crippen LogP contribution in [0.15, 0.2) is 30.4 Å². The van der Waals surface area contributed by atoms with Crippen molar-refractivity contribution in [1.29, 1.82) is 0 Å². The van der Waals surface area contributed by atoms with Crippen molar-refractivity contribution in [1.82, 2.24) is 4.90 Å². The number of carboxylic acids is 1. The molecule has 0 radical (unpaired) electrons. The highest BCUT2D eigenvalue weighted by Gasteiger charge is 2.25. The molecule has 1 saturated heterocycles. The average molecular weight is 319 g/mol. The predicted octanol–water partition coefficient (Wildman–Crippen LogP) is 2.95. The van der Waals surface area contributed by atoms with Crippen LogP contribution in [0.2, 0.25) is 0 Å². The smallest absolute Gasteiger partial charge is 0.307 e. The lowest BCUT2D eigenvalue weighted by atomic mass is 9.98. The number of aliphatic carboxylic acids is 1. The Morgan fingerprint density at radius 2 is 2.22 bits per heavy atom. The summed E-state index contributed by atoms with van der Waals surface area (Å²) in [5.74, 6) is 0.427. The van der Waals surface area contributed by atoms with Crippen LogP contribution in [0.3, 0.4) is 0 Å². The second-order valence-corrected chi connectivity index (χ2v) is 6.14. The highest BCUT2D eigenvalue weighted by Crippen LogP contribution is 2.29. The first-order valence-corrected chi connectivity index (χ1v) is 7.89. The molecule has 126 valence electrons. The van der Waals surface area contributed by atoms with Crippen LogP contribution < -0.4 is 9.47 Å². The summed E-state index contributed by atoms with van der Waals surface area (Å²) in [6.07, 6.45) is 1.69. The number of methoxy groups -OCH3 is 1. The maximum atomic E-state index is 11.2. The van der Waals surface area contributed by atoms with Gasteiger partial charge in [-0.15, -0.1) is 0 Å². The zero-order valence-corrected chi connectivity index (χ0v) is 13.9. The Morgan fingerprint density at radius 1 is 1.43 bits per heavy atom. The van der Waals surface area contributed by atoms with Gasteiger partial charge in [0, 0.05) is 13.1 Å². The SMILES string of the molecule is C=C(C)COc1ccc(CN2CCCC(C(=O)O)C2)cc1OC. The Kier molecular flexibility index (Phi) is 6.04. The van der Waals surface area contributed by atoms with E-state index in [1.165, 1.54) is 0 Å². The van der Waals surface area contributed by atoms with Gasteiger partial charge in [-0.1, -0.05) is 12.6 Å². The minimum absolute atomic E-state index is 0.260. The highest BCUT2D eigenvalue weighted by atomic mass is 16.5.